The molecule has 2 atom stereocenters. The van der Waals surface area contributed by atoms with Crippen LogP contribution in [-0.2, 0) is 4.74 Å². The third-order valence-corrected chi connectivity index (χ3v) is 4.02. The van der Waals surface area contributed by atoms with Crippen molar-refractivity contribution in [1.29, 1.82) is 0 Å². The quantitative estimate of drug-likeness (QED) is 0.753. The van der Waals surface area contributed by atoms with Gasteiger partial charge in [-0.1, -0.05) is 27.7 Å². The maximum atomic E-state index is 5.47. The van der Waals surface area contributed by atoms with E-state index in [1.165, 1.54) is 19.3 Å². The topological polar surface area (TPSA) is 21.3 Å². The third kappa shape index (κ3) is 4.06. The van der Waals surface area contributed by atoms with Crippen LogP contribution in [-0.4, -0.2) is 25.8 Å². The molecular weight excluding hydrogens is 198 g/mol. The van der Waals surface area contributed by atoms with E-state index in [0.29, 0.717) is 6.04 Å². The van der Waals surface area contributed by atoms with Crippen LogP contribution in [0.2, 0.25) is 0 Å². The van der Waals surface area contributed by atoms with Crippen molar-refractivity contribution in [2.75, 3.05) is 19.8 Å². The smallest absolute Gasteiger partial charge is 0.0469 e. The van der Waals surface area contributed by atoms with E-state index in [1.807, 2.05) is 0 Å². The molecule has 0 spiro atoms. The van der Waals surface area contributed by atoms with E-state index in [2.05, 4.69) is 33.0 Å². The molecule has 1 saturated heterocycles. The highest BCUT2D eigenvalue weighted by molar-refractivity contribution is 4.84. The minimum atomic E-state index is 0.684. The first-order valence-electron chi connectivity index (χ1n) is 6.98. The average Bonchev–Trinajstić information content (AvgIpc) is 2.30. The summed E-state index contributed by atoms with van der Waals surface area (Å²) in [7, 11) is 0. The van der Waals surface area contributed by atoms with Crippen LogP contribution in [0.4, 0.5) is 0 Å². The highest BCUT2D eigenvalue weighted by Gasteiger charge is 2.29. The van der Waals surface area contributed by atoms with Crippen molar-refractivity contribution in [3.63, 3.8) is 0 Å². The van der Waals surface area contributed by atoms with Gasteiger partial charge in [-0.3, -0.25) is 0 Å². The maximum Gasteiger partial charge on any atom is 0.0469 e. The zero-order chi connectivity index (χ0) is 12.0. The Morgan fingerprint density at radius 2 is 1.81 bits per heavy atom. The van der Waals surface area contributed by atoms with E-state index in [-0.39, 0.29) is 0 Å². The zero-order valence-electron chi connectivity index (χ0n) is 11.5. The van der Waals surface area contributed by atoms with Gasteiger partial charge in [-0.05, 0) is 43.6 Å². The van der Waals surface area contributed by atoms with Crippen molar-refractivity contribution in [2.24, 2.45) is 17.8 Å². The number of nitrogens with one attached hydrogen (secondary N) is 1. The molecule has 96 valence electrons. The molecule has 1 rings (SSSR count). The predicted molar refractivity (Wildman–Crippen MR) is 69.6 cm³/mol. The second-order valence-corrected chi connectivity index (χ2v) is 5.53. The van der Waals surface area contributed by atoms with Gasteiger partial charge in [0.15, 0.2) is 0 Å². The van der Waals surface area contributed by atoms with Gasteiger partial charge in [-0.15, -0.1) is 0 Å². The third-order valence-electron chi connectivity index (χ3n) is 4.02. The minimum absolute atomic E-state index is 0.684. The summed E-state index contributed by atoms with van der Waals surface area (Å²) in [5.74, 6) is 2.34. The second kappa shape index (κ2) is 7.29. The Morgan fingerprint density at radius 1 is 1.19 bits per heavy atom. The van der Waals surface area contributed by atoms with Crippen LogP contribution in [0.1, 0.15) is 47.0 Å². The second-order valence-electron chi connectivity index (χ2n) is 5.53. The fourth-order valence-corrected chi connectivity index (χ4v) is 2.58. The van der Waals surface area contributed by atoms with E-state index in [9.17, 15) is 0 Å². The number of hydrogen-bond donors (Lipinski definition) is 1. The summed E-state index contributed by atoms with van der Waals surface area (Å²) >= 11 is 0. The molecule has 0 radical (unpaired) electrons. The molecule has 0 saturated carbocycles. The van der Waals surface area contributed by atoms with Crippen molar-refractivity contribution in [3.05, 3.63) is 0 Å². The van der Waals surface area contributed by atoms with E-state index >= 15 is 0 Å². The average molecular weight is 227 g/mol. The lowest BCUT2D eigenvalue weighted by atomic mass is 9.79. The van der Waals surface area contributed by atoms with Crippen LogP contribution in [0.3, 0.4) is 0 Å². The van der Waals surface area contributed by atoms with Gasteiger partial charge in [0.2, 0.25) is 0 Å². The van der Waals surface area contributed by atoms with Crippen molar-refractivity contribution < 1.29 is 4.74 Å². The fraction of sp³-hybridized carbons (Fsp3) is 1.00. The first-order valence-corrected chi connectivity index (χ1v) is 6.98. The Hall–Kier alpha value is -0.0800. The van der Waals surface area contributed by atoms with Crippen LogP contribution in [0.25, 0.3) is 0 Å². The van der Waals surface area contributed by atoms with E-state index < -0.39 is 0 Å². The predicted octanol–water partition coefficient (Wildman–Crippen LogP) is 3.07. The van der Waals surface area contributed by atoms with E-state index in [0.717, 1.165) is 37.5 Å². The Bertz CT molecular complexity index is 176. The Kier molecular flexibility index (Phi) is 6.37. The van der Waals surface area contributed by atoms with Crippen LogP contribution >= 0.6 is 0 Å². The molecule has 1 heterocycles. The normalized spacial score (nSPS) is 22.3. The number of hydrogen-bond acceptors (Lipinski definition) is 2. The molecule has 0 amide bonds. The van der Waals surface area contributed by atoms with Crippen LogP contribution in [0, 0.1) is 17.8 Å². The summed E-state index contributed by atoms with van der Waals surface area (Å²) < 4.78 is 5.47. The summed E-state index contributed by atoms with van der Waals surface area (Å²) in [6.07, 6.45) is 3.70. The van der Waals surface area contributed by atoms with Gasteiger partial charge >= 0.3 is 0 Å². The van der Waals surface area contributed by atoms with Crippen molar-refractivity contribution in [2.45, 2.75) is 53.0 Å². The van der Waals surface area contributed by atoms with Crippen molar-refractivity contribution >= 4 is 0 Å². The molecule has 1 aliphatic rings. The fourth-order valence-electron chi connectivity index (χ4n) is 2.58. The molecule has 1 fully saturated rings. The first-order chi connectivity index (χ1) is 7.66. The zero-order valence-corrected chi connectivity index (χ0v) is 11.5. The minimum Gasteiger partial charge on any atom is -0.381 e. The summed E-state index contributed by atoms with van der Waals surface area (Å²) in [6, 6.07) is 0.684. The van der Waals surface area contributed by atoms with Gasteiger partial charge in [0.05, 0.1) is 0 Å². The summed E-state index contributed by atoms with van der Waals surface area (Å²) in [6.45, 7) is 12.4. The molecule has 2 nitrogen and oxygen atoms in total. The molecule has 2 heteroatoms. The summed E-state index contributed by atoms with van der Waals surface area (Å²) in [5, 5.41) is 3.76. The Morgan fingerprint density at radius 3 is 2.31 bits per heavy atom. The lowest BCUT2D eigenvalue weighted by molar-refractivity contribution is 0.0417. The Balaban J connectivity index is 2.53. The van der Waals surface area contributed by atoms with E-state index in [1.54, 1.807) is 0 Å². The van der Waals surface area contributed by atoms with Crippen LogP contribution in [0.15, 0.2) is 0 Å². The van der Waals surface area contributed by atoms with Gasteiger partial charge in [-0.25, -0.2) is 0 Å². The number of rotatable bonds is 6. The van der Waals surface area contributed by atoms with E-state index in [4.69, 9.17) is 4.74 Å². The standard InChI is InChI=1S/C14H29NO/c1-5-8-15-14(12(4)11(2)3)13-6-9-16-10-7-13/h11-15H,5-10H2,1-4H3. The number of ether oxygens (including phenoxy) is 1. The highest BCUT2D eigenvalue weighted by Crippen LogP contribution is 2.27. The van der Waals surface area contributed by atoms with Gasteiger partial charge < -0.3 is 10.1 Å². The lowest BCUT2D eigenvalue weighted by Gasteiger charge is -2.36. The summed E-state index contributed by atoms with van der Waals surface area (Å²) in [5.41, 5.74) is 0. The molecule has 0 aliphatic carbocycles. The van der Waals surface area contributed by atoms with Crippen LogP contribution in [0.5, 0.6) is 0 Å². The monoisotopic (exact) mass is 227 g/mol. The van der Waals surface area contributed by atoms with Gasteiger partial charge in [0.25, 0.3) is 0 Å². The molecular formula is C14H29NO. The first kappa shape index (κ1) is 14.0. The molecule has 1 N–H and O–H groups in total. The molecule has 0 aromatic carbocycles. The SMILES string of the molecule is CCCNC(C1CCOCC1)C(C)C(C)C. The highest BCUT2D eigenvalue weighted by atomic mass is 16.5. The molecule has 0 bridgehead atoms. The molecule has 2 unspecified atom stereocenters. The molecule has 16 heavy (non-hydrogen) atoms. The van der Waals surface area contributed by atoms with Crippen molar-refractivity contribution in [3.8, 4) is 0 Å². The maximum absolute atomic E-state index is 5.47. The molecule has 0 aromatic rings. The molecule has 0 aromatic heterocycles. The van der Waals surface area contributed by atoms with Gasteiger partial charge in [0.1, 0.15) is 0 Å². The Labute approximate surface area is 101 Å². The van der Waals surface area contributed by atoms with Gasteiger partial charge in [0, 0.05) is 19.3 Å². The lowest BCUT2D eigenvalue weighted by Crippen LogP contribution is -2.45. The molecule has 1 aliphatic heterocycles. The van der Waals surface area contributed by atoms with Crippen molar-refractivity contribution in [1.82, 2.24) is 5.32 Å². The van der Waals surface area contributed by atoms with Crippen LogP contribution < -0.4 is 5.32 Å². The largest absolute Gasteiger partial charge is 0.381 e. The van der Waals surface area contributed by atoms with Gasteiger partial charge in [-0.2, -0.15) is 0 Å². The summed E-state index contributed by atoms with van der Waals surface area (Å²) in [4.78, 5) is 0.